The summed E-state index contributed by atoms with van der Waals surface area (Å²) in [7, 11) is -0.919. The quantitative estimate of drug-likeness (QED) is 0.400. The third-order valence-corrected chi connectivity index (χ3v) is 13.3. The highest BCUT2D eigenvalue weighted by Crippen LogP contribution is 2.55. The molecule has 0 radical (unpaired) electrons. The van der Waals surface area contributed by atoms with Crippen molar-refractivity contribution in [1.29, 1.82) is 0 Å². The maximum Gasteiger partial charge on any atom is 0.465 e. The summed E-state index contributed by atoms with van der Waals surface area (Å²) in [4.78, 5) is 15.5. The Morgan fingerprint density at radius 1 is 1.05 bits per heavy atom. The lowest BCUT2D eigenvalue weighted by atomic mass is 9.62. The second kappa shape index (κ2) is 10.2. The SMILES string of the molecule is CCCC[C@@H]1[C@@H]([Si](C)(C)c2ccccc2)[C@H](B2OC(C)(C)C(C)(C)O2)c2cc(OC)ccc2N1C(C)=O. The molecule has 2 aromatic carbocycles. The van der Waals surface area contributed by atoms with E-state index in [4.69, 9.17) is 14.0 Å². The highest BCUT2D eigenvalue weighted by atomic mass is 28.3. The van der Waals surface area contributed by atoms with E-state index in [9.17, 15) is 4.79 Å². The van der Waals surface area contributed by atoms with Gasteiger partial charge in [0.1, 0.15) is 5.75 Å². The lowest BCUT2D eigenvalue weighted by Gasteiger charge is -2.52. The molecule has 2 aliphatic rings. The van der Waals surface area contributed by atoms with E-state index in [1.54, 1.807) is 14.0 Å². The summed E-state index contributed by atoms with van der Waals surface area (Å²) in [5, 5.41) is 1.39. The number of methoxy groups -OCH3 is 1. The maximum atomic E-state index is 13.4. The Kier molecular flexibility index (Phi) is 7.73. The fourth-order valence-corrected chi connectivity index (χ4v) is 10.3. The Morgan fingerprint density at radius 2 is 1.68 bits per heavy atom. The minimum atomic E-state index is -2.19. The fraction of sp³-hybridized carbons (Fsp3) is 0.567. The summed E-state index contributed by atoms with van der Waals surface area (Å²) in [5.74, 6) is 0.835. The van der Waals surface area contributed by atoms with Crippen LogP contribution in [-0.4, -0.2) is 45.5 Å². The molecule has 7 heteroatoms. The van der Waals surface area contributed by atoms with Gasteiger partial charge in [0, 0.05) is 24.5 Å². The first-order chi connectivity index (χ1) is 17.4. The molecule has 0 N–H and O–H groups in total. The smallest absolute Gasteiger partial charge is 0.465 e. The molecule has 37 heavy (non-hydrogen) atoms. The number of fused-ring (bicyclic) bond motifs is 1. The number of ether oxygens (including phenoxy) is 1. The van der Waals surface area contributed by atoms with Crippen molar-refractivity contribution >= 4 is 32.0 Å². The predicted octanol–water partition coefficient (Wildman–Crippen LogP) is 6.32. The van der Waals surface area contributed by atoms with Crippen LogP contribution in [0.3, 0.4) is 0 Å². The Labute approximate surface area is 225 Å². The lowest BCUT2D eigenvalue weighted by molar-refractivity contribution is -0.117. The van der Waals surface area contributed by atoms with E-state index in [2.05, 4.69) is 95.1 Å². The molecular weight excluding hydrogens is 477 g/mol. The number of hydrogen-bond donors (Lipinski definition) is 0. The summed E-state index contributed by atoms with van der Waals surface area (Å²) in [6, 6.07) is 17.1. The Hall–Kier alpha value is -2.09. The van der Waals surface area contributed by atoms with Crippen molar-refractivity contribution in [3.05, 3.63) is 54.1 Å². The van der Waals surface area contributed by atoms with Crippen molar-refractivity contribution in [2.24, 2.45) is 0 Å². The number of rotatable bonds is 7. The van der Waals surface area contributed by atoms with Crippen molar-refractivity contribution in [1.82, 2.24) is 0 Å². The molecule has 0 aromatic heterocycles. The Morgan fingerprint density at radius 3 is 2.22 bits per heavy atom. The molecule has 3 atom stereocenters. The zero-order valence-corrected chi connectivity index (χ0v) is 25.1. The van der Waals surface area contributed by atoms with Gasteiger partial charge in [-0.3, -0.25) is 4.79 Å². The van der Waals surface area contributed by atoms with E-state index in [1.807, 2.05) is 6.07 Å². The highest BCUT2D eigenvalue weighted by Gasteiger charge is 2.61. The third kappa shape index (κ3) is 4.90. The summed E-state index contributed by atoms with van der Waals surface area (Å²) in [5.41, 5.74) is 1.33. The monoisotopic (exact) mass is 521 g/mol. The minimum Gasteiger partial charge on any atom is -0.497 e. The molecule has 4 rings (SSSR count). The van der Waals surface area contributed by atoms with E-state index in [0.717, 1.165) is 36.3 Å². The molecule has 2 heterocycles. The first-order valence-corrected chi connectivity index (χ1v) is 16.8. The van der Waals surface area contributed by atoms with Gasteiger partial charge in [0.15, 0.2) is 0 Å². The van der Waals surface area contributed by atoms with Gasteiger partial charge in [-0.05, 0) is 63.4 Å². The predicted molar refractivity (Wildman–Crippen MR) is 156 cm³/mol. The average Bonchev–Trinajstić information content (AvgIpc) is 3.07. The number of hydrogen-bond acceptors (Lipinski definition) is 4. The van der Waals surface area contributed by atoms with Crippen molar-refractivity contribution in [3.63, 3.8) is 0 Å². The van der Waals surface area contributed by atoms with Crippen LogP contribution in [0.15, 0.2) is 48.5 Å². The number of unbranched alkanes of at least 4 members (excludes halogenated alkanes) is 1. The molecule has 200 valence electrons. The van der Waals surface area contributed by atoms with Crippen LogP contribution in [0.4, 0.5) is 5.69 Å². The second-order valence-electron chi connectivity index (χ2n) is 12.3. The number of amides is 1. The molecule has 1 fully saturated rings. The van der Waals surface area contributed by atoms with E-state index in [1.165, 1.54) is 5.19 Å². The molecule has 0 saturated carbocycles. The first kappa shape index (κ1) is 27.9. The van der Waals surface area contributed by atoms with Crippen molar-refractivity contribution in [2.45, 2.75) is 103 Å². The van der Waals surface area contributed by atoms with Crippen LogP contribution in [-0.2, 0) is 14.1 Å². The topological polar surface area (TPSA) is 48.0 Å². The van der Waals surface area contributed by atoms with Crippen LogP contribution in [0.2, 0.25) is 18.6 Å². The molecule has 1 saturated heterocycles. The van der Waals surface area contributed by atoms with Gasteiger partial charge in [-0.2, -0.15) is 0 Å². The van der Waals surface area contributed by atoms with Gasteiger partial charge in [0.25, 0.3) is 0 Å². The molecular formula is C30H44BNO4Si. The summed E-state index contributed by atoms with van der Waals surface area (Å²) in [6.07, 6.45) is 3.09. The van der Waals surface area contributed by atoms with Crippen molar-refractivity contribution in [2.75, 3.05) is 12.0 Å². The van der Waals surface area contributed by atoms with Gasteiger partial charge in [-0.25, -0.2) is 0 Å². The third-order valence-electron chi connectivity index (χ3n) is 9.09. The summed E-state index contributed by atoms with van der Waals surface area (Å²) >= 11 is 0. The van der Waals surface area contributed by atoms with E-state index < -0.39 is 26.4 Å². The first-order valence-electron chi connectivity index (χ1n) is 13.7. The highest BCUT2D eigenvalue weighted by molar-refractivity contribution is 6.92. The van der Waals surface area contributed by atoms with Gasteiger partial charge in [0.05, 0.1) is 26.4 Å². The molecule has 2 aliphatic heterocycles. The largest absolute Gasteiger partial charge is 0.497 e. The molecule has 1 amide bonds. The molecule has 0 unspecified atom stereocenters. The number of carbonyl (C=O) groups is 1. The van der Waals surface area contributed by atoms with Crippen LogP contribution in [0, 0.1) is 0 Å². The maximum absolute atomic E-state index is 13.4. The van der Waals surface area contributed by atoms with Crippen LogP contribution >= 0.6 is 0 Å². The average molecular weight is 522 g/mol. The van der Waals surface area contributed by atoms with Crippen molar-refractivity contribution in [3.8, 4) is 5.75 Å². The van der Waals surface area contributed by atoms with Gasteiger partial charge in [-0.1, -0.05) is 68.4 Å². The number of anilines is 1. The van der Waals surface area contributed by atoms with Gasteiger partial charge in [0.2, 0.25) is 5.91 Å². The molecule has 0 bridgehead atoms. The zero-order valence-electron chi connectivity index (χ0n) is 24.1. The van der Waals surface area contributed by atoms with Gasteiger partial charge < -0.3 is 18.9 Å². The second-order valence-corrected chi connectivity index (χ2v) is 17.0. The fourth-order valence-electron chi connectivity index (χ4n) is 6.38. The Bertz CT molecular complexity index is 1100. The number of nitrogens with zero attached hydrogens (tertiary/aromatic N) is 1. The van der Waals surface area contributed by atoms with Crippen LogP contribution in [0.5, 0.6) is 5.75 Å². The van der Waals surface area contributed by atoms with Crippen LogP contribution < -0.4 is 14.8 Å². The van der Waals surface area contributed by atoms with E-state index in [-0.39, 0.29) is 23.3 Å². The molecule has 0 spiro atoms. The van der Waals surface area contributed by atoms with Crippen molar-refractivity contribution < 1.29 is 18.8 Å². The molecule has 2 aromatic rings. The lowest BCUT2D eigenvalue weighted by Crippen LogP contribution is -2.61. The van der Waals surface area contributed by atoms with E-state index in [0.29, 0.717) is 0 Å². The summed E-state index contributed by atoms with van der Waals surface area (Å²) < 4.78 is 19.3. The summed E-state index contributed by atoms with van der Waals surface area (Å²) in [6.45, 7) is 17.3. The van der Waals surface area contributed by atoms with Gasteiger partial charge >= 0.3 is 7.12 Å². The van der Waals surface area contributed by atoms with Crippen LogP contribution in [0.1, 0.15) is 72.2 Å². The van der Waals surface area contributed by atoms with Gasteiger partial charge in [-0.15, -0.1) is 0 Å². The van der Waals surface area contributed by atoms with E-state index >= 15 is 0 Å². The number of carbonyl (C=O) groups excluding carboxylic acids is 1. The normalized spacial score (nSPS) is 24.6. The molecule has 0 aliphatic carbocycles. The Balaban J connectivity index is 2.00. The minimum absolute atomic E-state index is 0.0366. The zero-order chi connectivity index (χ0) is 27.2. The number of benzene rings is 2. The van der Waals surface area contributed by atoms with Crippen LogP contribution in [0.25, 0.3) is 0 Å². The standard InChI is InChI=1S/C30H44BNO4Si/c1-10-11-17-26-28(37(8,9)23-15-13-12-14-16-23)27(31-35-29(3,4)30(5,6)36-31)24-20-22(34-7)18-19-25(24)32(26)21(2)33/h12-16,18-20,26-28H,10-11,17H2,1-9H3/t26-,27-,28-/m1/s1. The molecule has 5 nitrogen and oxygen atoms in total.